The number of carbonyl (C=O) groups excluding carboxylic acids is 3. The smallest absolute Gasteiger partial charge is 0.350 e. The molecule has 3 heterocycles. The quantitative estimate of drug-likeness (QED) is 0.156. The largest absolute Gasteiger partial charge is 0.507 e. The van der Waals surface area contributed by atoms with Gasteiger partial charge in [-0.2, -0.15) is 0 Å². The van der Waals surface area contributed by atoms with Crippen molar-refractivity contribution in [2.24, 2.45) is 0 Å². The number of benzene rings is 1. The summed E-state index contributed by atoms with van der Waals surface area (Å²) in [7, 11) is 1.25. The van der Waals surface area contributed by atoms with Crippen molar-refractivity contribution in [3.05, 3.63) is 76.1 Å². The van der Waals surface area contributed by atoms with E-state index in [0.717, 1.165) is 24.2 Å². The maximum absolute atomic E-state index is 13.2. The van der Waals surface area contributed by atoms with Gasteiger partial charge in [-0.25, -0.2) is 9.78 Å². The third kappa shape index (κ3) is 4.72. The number of anilines is 1. The van der Waals surface area contributed by atoms with E-state index in [-0.39, 0.29) is 21.3 Å². The zero-order chi connectivity index (χ0) is 25.8. The van der Waals surface area contributed by atoms with Gasteiger partial charge in [-0.3, -0.25) is 19.5 Å². The molecule has 186 valence electrons. The Morgan fingerprint density at radius 2 is 1.94 bits per heavy atom. The lowest BCUT2D eigenvalue weighted by Crippen LogP contribution is -2.29. The Bertz CT molecular complexity index is 1320. The number of aliphatic hydroxyl groups excluding tert-OH is 1. The number of hydrogen-bond donors (Lipinski definition) is 1. The van der Waals surface area contributed by atoms with Gasteiger partial charge in [-0.05, 0) is 49.2 Å². The Labute approximate surface area is 212 Å². The number of hydrogen-bond acceptors (Lipinski definition) is 9. The van der Waals surface area contributed by atoms with Gasteiger partial charge in [0.05, 0.1) is 31.0 Å². The lowest BCUT2D eigenvalue weighted by molar-refractivity contribution is -0.132. The van der Waals surface area contributed by atoms with Crippen LogP contribution in [0.5, 0.6) is 5.75 Å². The van der Waals surface area contributed by atoms with Gasteiger partial charge in [0, 0.05) is 18.0 Å². The van der Waals surface area contributed by atoms with E-state index in [1.807, 2.05) is 0 Å². The summed E-state index contributed by atoms with van der Waals surface area (Å²) in [5.74, 6) is -2.01. The number of methoxy groups -OCH3 is 1. The van der Waals surface area contributed by atoms with Crippen LogP contribution in [0.15, 0.2) is 54.4 Å². The first-order valence-corrected chi connectivity index (χ1v) is 12.2. The minimum Gasteiger partial charge on any atom is -0.507 e. The van der Waals surface area contributed by atoms with Crippen LogP contribution in [0.25, 0.3) is 5.76 Å². The molecule has 36 heavy (non-hydrogen) atoms. The van der Waals surface area contributed by atoms with Gasteiger partial charge in [0.25, 0.3) is 5.78 Å². The molecule has 1 N–H and O–H groups in total. The van der Waals surface area contributed by atoms with Crippen molar-refractivity contribution in [1.82, 2.24) is 9.97 Å². The summed E-state index contributed by atoms with van der Waals surface area (Å²) in [4.78, 5) is 48.5. The summed E-state index contributed by atoms with van der Waals surface area (Å²) >= 11 is 0.941. The van der Waals surface area contributed by atoms with E-state index in [1.54, 1.807) is 49.5 Å². The number of ketones is 1. The maximum atomic E-state index is 13.2. The standard InChI is InChI=1S/C26H25N3O6S/c1-4-5-13-35-18-10-8-16(9-11-18)21(30)19-20(17-7-6-12-27-14-17)29(24(32)22(19)31)26-28-15(2)23(36-26)25(33)34-3/h6-12,14,20,30H,4-5,13H2,1-3H3. The predicted octanol–water partition coefficient (Wildman–Crippen LogP) is 4.44. The molecule has 0 bridgehead atoms. The van der Waals surface area contributed by atoms with E-state index >= 15 is 0 Å². The molecule has 1 aromatic carbocycles. The molecule has 9 nitrogen and oxygen atoms in total. The van der Waals surface area contributed by atoms with E-state index in [0.29, 0.717) is 29.2 Å². The van der Waals surface area contributed by atoms with Crippen molar-refractivity contribution in [2.45, 2.75) is 32.7 Å². The number of pyridine rings is 1. The number of aryl methyl sites for hydroxylation is 1. The van der Waals surface area contributed by atoms with Crippen LogP contribution in [-0.4, -0.2) is 46.5 Å². The molecule has 4 rings (SSSR count). The Morgan fingerprint density at radius 3 is 2.58 bits per heavy atom. The van der Waals surface area contributed by atoms with Crippen molar-refractivity contribution in [2.75, 3.05) is 18.6 Å². The van der Waals surface area contributed by atoms with Gasteiger partial charge < -0.3 is 14.6 Å². The van der Waals surface area contributed by atoms with E-state index in [1.165, 1.54) is 18.2 Å². The second-order valence-corrected chi connectivity index (χ2v) is 9.06. The third-order valence-corrected chi connectivity index (χ3v) is 6.84. The minimum atomic E-state index is -0.991. The van der Waals surface area contributed by atoms with E-state index in [2.05, 4.69) is 16.9 Å². The molecule has 1 aliphatic rings. The van der Waals surface area contributed by atoms with Crippen LogP contribution >= 0.6 is 11.3 Å². The lowest BCUT2D eigenvalue weighted by atomic mass is 9.96. The lowest BCUT2D eigenvalue weighted by Gasteiger charge is -2.22. The van der Waals surface area contributed by atoms with Crippen molar-refractivity contribution in [3.63, 3.8) is 0 Å². The average molecular weight is 508 g/mol. The molecule has 1 atom stereocenters. The highest BCUT2D eigenvalue weighted by Crippen LogP contribution is 2.43. The summed E-state index contributed by atoms with van der Waals surface area (Å²) in [6, 6.07) is 9.05. The third-order valence-electron chi connectivity index (χ3n) is 5.70. The normalized spacial score (nSPS) is 16.9. The number of ether oxygens (including phenoxy) is 2. The molecular formula is C26H25N3O6S. The number of esters is 1. The predicted molar refractivity (Wildman–Crippen MR) is 134 cm³/mol. The van der Waals surface area contributed by atoms with Crippen molar-refractivity contribution in [3.8, 4) is 5.75 Å². The molecule has 1 amide bonds. The van der Waals surface area contributed by atoms with Gasteiger partial charge in [0.2, 0.25) is 0 Å². The Balaban J connectivity index is 1.80. The van der Waals surface area contributed by atoms with Gasteiger partial charge in [-0.1, -0.05) is 30.7 Å². The number of aromatic nitrogens is 2. The van der Waals surface area contributed by atoms with Crippen LogP contribution < -0.4 is 9.64 Å². The number of thiazole rings is 1. The summed E-state index contributed by atoms with van der Waals surface area (Å²) in [6.07, 6.45) is 5.01. The number of carbonyl (C=O) groups is 3. The fraction of sp³-hybridized carbons (Fsp3) is 0.269. The highest BCUT2D eigenvalue weighted by atomic mass is 32.1. The molecule has 2 aromatic heterocycles. The molecular weight excluding hydrogens is 482 g/mol. The van der Waals surface area contributed by atoms with Crippen molar-refractivity contribution < 1.29 is 29.0 Å². The highest BCUT2D eigenvalue weighted by Gasteiger charge is 2.48. The van der Waals surface area contributed by atoms with Gasteiger partial charge in [0.15, 0.2) is 5.13 Å². The maximum Gasteiger partial charge on any atom is 0.350 e. The van der Waals surface area contributed by atoms with Crippen LogP contribution in [-0.2, 0) is 14.3 Å². The topological polar surface area (TPSA) is 119 Å². The van der Waals surface area contributed by atoms with Gasteiger partial charge in [0.1, 0.15) is 16.4 Å². The molecule has 0 radical (unpaired) electrons. The number of Topliss-reactive ketones (excluding diaryl/α,β-unsaturated/α-hetero) is 1. The fourth-order valence-electron chi connectivity index (χ4n) is 3.85. The Morgan fingerprint density at radius 1 is 1.19 bits per heavy atom. The van der Waals surface area contributed by atoms with Crippen LogP contribution in [0.3, 0.4) is 0 Å². The minimum absolute atomic E-state index is 0.0971. The molecule has 1 unspecified atom stereocenters. The van der Waals surface area contributed by atoms with Crippen molar-refractivity contribution >= 4 is 39.9 Å². The number of amides is 1. The molecule has 1 saturated heterocycles. The number of nitrogens with zero attached hydrogens (tertiary/aromatic N) is 3. The van der Waals surface area contributed by atoms with Crippen LogP contribution in [0.2, 0.25) is 0 Å². The Kier molecular flexibility index (Phi) is 7.44. The van der Waals surface area contributed by atoms with E-state index in [9.17, 15) is 19.5 Å². The van der Waals surface area contributed by atoms with Crippen molar-refractivity contribution in [1.29, 1.82) is 0 Å². The van der Waals surface area contributed by atoms with Gasteiger partial charge in [-0.15, -0.1) is 0 Å². The fourth-order valence-corrected chi connectivity index (χ4v) is 4.86. The molecule has 0 saturated carbocycles. The summed E-state index contributed by atoms with van der Waals surface area (Å²) in [5.41, 5.74) is 1.13. The molecule has 1 aliphatic heterocycles. The molecule has 1 fully saturated rings. The zero-order valence-electron chi connectivity index (χ0n) is 20.1. The number of unbranched alkanes of at least 4 members (excludes halogenated alkanes) is 1. The first kappa shape index (κ1) is 25.1. The molecule has 10 heteroatoms. The SMILES string of the molecule is CCCCOc1ccc(C(O)=C2C(=O)C(=O)N(c3nc(C)c(C(=O)OC)s3)C2c2cccnc2)cc1. The summed E-state index contributed by atoms with van der Waals surface area (Å²) in [6.45, 7) is 4.27. The Hall–Kier alpha value is -4.05. The number of aliphatic hydroxyl groups is 1. The molecule has 0 aliphatic carbocycles. The monoisotopic (exact) mass is 507 g/mol. The number of rotatable bonds is 8. The first-order chi connectivity index (χ1) is 17.4. The van der Waals surface area contributed by atoms with Gasteiger partial charge >= 0.3 is 11.9 Å². The van der Waals surface area contributed by atoms with Crippen LogP contribution in [0.4, 0.5) is 5.13 Å². The first-order valence-electron chi connectivity index (χ1n) is 11.4. The van der Waals surface area contributed by atoms with Crippen LogP contribution in [0.1, 0.15) is 52.3 Å². The molecule has 3 aromatic rings. The second kappa shape index (κ2) is 10.7. The highest BCUT2D eigenvalue weighted by molar-refractivity contribution is 7.17. The van der Waals surface area contributed by atoms with Crippen LogP contribution in [0, 0.1) is 6.92 Å². The second-order valence-electron chi connectivity index (χ2n) is 8.08. The molecule has 0 spiro atoms. The average Bonchev–Trinajstić information content (AvgIpc) is 3.40. The summed E-state index contributed by atoms with van der Waals surface area (Å²) < 4.78 is 10.5. The van der Waals surface area contributed by atoms with E-state index in [4.69, 9.17) is 9.47 Å². The van der Waals surface area contributed by atoms with E-state index < -0.39 is 23.7 Å². The summed E-state index contributed by atoms with van der Waals surface area (Å²) in [5, 5.41) is 11.4. The zero-order valence-corrected chi connectivity index (χ0v) is 20.9.